The van der Waals surface area contributed by atoms with E-state index < -0.39 is 0 Å². The zero-order chi connectivity index (χ0) is 11.8. The van der Waals surface area contributed by atoms with Crippen LogP contribution >= 0.6 is 27.5 Å². The zero-order valence-electron chi connectivity index (χ0n) is 8.82. The highest BCUT2D eigenvalue weighted by molar-refractivity contribution is 9.10. The Hall–Kier alpha value is -0.320. The molecule has 0 spiro atoms. The first-order valence-corrected chi connectivity index (χ1v) is 6.13. The topological polar surface area (TPSA) is 21.3 Å². The van der Waals surface area contributed by atoms with E-state index in [9.17, 15) is 4.39 Å². The van der Waals surface area contributed by atoms with E-state index in [4.69, 9.17) is 16.3 Å². The number of rotatable bonds is 3. The molecule has 0 radical (unpaired) electrons. The van der Waals surface area contributed by atoms with E-state index in [1.807, 2.05) is 0 Å². The van der Waals surface area contributed by atoms with Crippen LogP contribution in [0.25, 0.3) is 0 Å². The van der Waals surface area contributed by atoms with Crippen molar-refractivity contribution in [2.45, 2.75) is 6.92 Å². The minimum Gasteiger partial charge on any atom is -0.382 e. The monoisotopic (exact) mass is 307 g/mol. The van der Waals surface area contributed by atoms with Gasteiger partial charge < -0.3 is 10.1 Å². The molecule has 2 nitrogen and oxygen atoms in total. The van der Waals surface area contributed by atoms with Crippen LogP contribution in [0.5, 0.6) is 0 Å². The van der Waals surface area contributed by atoms with Crippen LogP contribution < -0.4 is 5.32 Å². The minimum absolute atomic E-state index is 0.150. The fourth-order valence-electron chi connectivity index (χ4n) is 1.57. The maximum Gasteiger partial charge on any atom is 0.125 e. The molecule has 0 aromatic heterocycles. The van der Waals surface area contributed by atoms with Crippen LogP contribution in [-0.2, 0) is 4.74 Å². The predicted molar refractivity (Wildman–Crippen MR) is 66.5 cm³/mol. The van der Waals surface area contributed by atoms with Gasteiger partial charge in [-0.2, -0.15) is 0 Å². The van der Waals surface area contributed by atoms with Crippen LogP contribution in [0.3, 0.4) is 0 Å². The molecule has 0 saturated carbocycles. The highest BCUT2D eigenvalue weighted by atomic mass is 79.9. The standard InChI is InChI=1S/C11H12BrClFNO/c1-11(5-16-6-11)4-15-10-8(12)2-7(14)3-9(10)13/h2-3,15H,4-6H2,1H3. The Morgan fingerprint density at radius 2 is 2.25 bits per heavy atom. The van der Waals surface area contributed by atoms with E-state index in [1.165, 1.54) is 12.1 Å². The lowest BCUT2D eigenvalue weighted by molar-refractivity contribution is -0.0924. The number of nitrogens with one attached hydrogen (secondary N) is 1. The second-order valence-electron chi connectivity index (χ2n) is 4.40. The molecular weight excluding hydrogens is 296 g/mol. The molecule has 1 aromatic rings. The van der Waals surface area contributed by atoms with Gasteiger partial charge in [0.2, 0.25) is 0 Å². The molecule has 88 valence electrons. The second-order valence-corrected chi connectivity index (χ2v) is 5.66. The molecule has 1 saturated heterocycles. The third kappa shape index (κ3) is 2.50. The molecule has 1 heterocycles. The zero-order valence-corrected chi connectivity index (χ0v) is 11.2. The summed E-state index contributed by atoms with van der Waals surface area (Å²) in [4.78, 5) is 0. The summed E-state index contributed by atoms with van der Waals surface area (Å²) in [5, 5.41) is 3.61. The molecule has 0 bridgehead atoms. The number of ether oxygens (including phenoxy) is 1. The van der Waals surface area contributed by atoms with Crippen molar-refractivity contribution >= 4 is 33.2 Å². The first kappa shape index (κ1) is 12.1. The van der Waals surface area contributed by atoms with Crippen molar-refractivity contribution in [1.82, 2.24) is 0 Å². The SMILES string of the molecule is CC1(CNc2c(Cl)cc(F)cc2Br)COC1. The highest BCUT2D eigenvalue weighted by Gasteiger charge is 2.33. The summed E-state index contributed by atoms with van der Waals surface area (Å²) in [7, 11) is 0. The van der Waals surface area contributed by atoms with Crippen molar-refractivity contribution in [3.8, 4) is 0 Å². The van der Waals surface area contributed by atoms with Gasteiger partial charge in [-0.3, -0.25) is 0 Å². The Morgan fingerprint density at radius 3 is 2.75 bits per heavy atom. The van der Waals surface area contributed by atoms with Gasteiger partial charge in [0.25, 0.3) is 0 Å². The number of hydrogen-bond donors (Lipinski definition) is 1. The van der Waals surface area contributed by atoms with Crippen molar-refractivity contribution in [1.29, 1.82) is 0 Å². The number of hydrogen-bond acceptors (Lipinski definition) is 2. The Balaban J connectivity index is 2.09. The third-order valence-electron chi connectivity index (χ3n) is 2.60. The molecule has 0 aliphatic carbocycles. The van der Waals surface area contributed by atoms with Gasteiger partial charge >= 0.3 is 0 Å². The van der Waals surface area contributed by atoms with Gasteiger partial charge in [0.05, 0.1) is 23.9 Å². The van der Waals surface area contributed by atoms with E-state index in [0.29, 0.717) is 9.50 Å². The van der Waals surface area contributed by atoms with Crippen molar-refractivity contribution in [2.24, 2.45) is 5.41 Å². The molecule has 2 rings (SSSR count). The van der Waals surface area contributed by atoms with E-state index >= 15 is 0 Å². The van der Waals surface area contributed by atoms with Crippen molar-refractivity contribution in [3.63, 3.8) is 0 Å². The number of anilines is 1. The van der Waals surface area contributed by atoms with Gasteiger partial charge in [-0.15, -0.1) is 0 Å². The Kier molecular flexibility index (Phi) is 3.42. The summed E-state index contributed by atoms with van der Waals surface area (Å²) >= 11 is 9.25. The van der Waals surface area contributed by atoms with Gasteiger partial charge in [0.15, 0.2) is 0 Å². The van der Waals surface area contributed by atoms with Crippen molar-refractivity contribution in [2.75, 3.05) is 25.1 Å². The van der Waals surface area contributed by atoms with Gasteiger partial charge in [-0.1, -0.05) is 18.5 Å². The molecule has 0 atom stereocenters. The fraction of sp³-hybridized carbons (Fsp3) is 0.455. The van der Waals surface area contributed by atoms with Gasteiger partial charge in [0.1, 0.15) is 5.82 Å². The van der Waals surface area contributed by atoms with E-state index in [-0.39, 0.29) is 11.2 Å². The summed E-state index contributed by atoms with van der Waals surface area (Å²) < 4.78 is 18.8. The molecule has 1 fully saturated rings. The summed E-state index contributed by atoms with van der Waals surface area (Å²) in [5.41, 5.74) is 0.883. The molecule has 0 amide bonds. The summed E-state index contributed by atoms with van der Waals surface area (Å²) in [6.45, 7) is 4.39. The maximum atomic E-state index is 13.0. The highest BCUT2D eigenvalue weighted by Crippen LogP contribution is 2.34. The van der Waals surface area contributed by atoms with E-state index in [1.54, 1.807) is 0 Å². The smallest absolute Gasteiger partial charge is 0.125 e. The summed E-state index contributed by atoms with van der Waals surface area (Å²) in [6, 6.07) is 2.70. The van der Waals surface area contributed by atoms with Gasteiger partial charge in [0, 0.05) is 16.4 Å². The second kappa shape index (κ2) is 4.51. The first-order valence-electron chi connectivity index (χ1n) is 4.96. The van der Waals surface area contributed by atoms with Crippen LogP contribution in [0.15, 0.2) is 16.6 Å². The molecule has 1 aromatic carbocycles. The number of halogens is 3. The van der Waals surface area contributed by atoms with Crippen LogP contribution in [0.1, 0.15) is 6.92 Å². The molecular formula is C11H12BrClFNO. The largest absolute Gasteiger partial charge is 0.382 e. The van der Waals surface area contributed by atoms with Crippen molar-refractivity contribution in [3.05, 3.63) is 27.4 Å². The first-order chi connectivity index (χ1) is 7.50. The quantitative estimate of drug-likeness (QED) is 0.919. The molecule has 0 unspecified atom stereocenters. The molecule has 1 aliphatic heterocycles. The van der Waals surface area contributed by atoms with Crippen LogP contribution in [0, 0.1) is 11.2 Å². The Morgan fingerprint density at radius 1 is 1.56 bits per heavy atom. The predicted octanol–water partition coefficient (Wildman–Crippen LogP) is 3.69. The average Bonchev–Trinajstić information content (AvgIpc) is 2.13. The summed E-state index contributed by atoms with van der Waals surface area (Å²) in [5.74, 6) is -0.347. The summed E-state index contributed by atoms with van der Waals surface area (Å²) in [6.07, 6.45) is 0. The van der Waals surface area contributed by atoms with E-state index in [0.717, 1.165) is 25.4 Å². The molecule has 1 aliphatic rings. The van der Waals surface area contributed by atoms with Crippen LogP contribution in [-0.4, -0.2) is 19.8 Å². The number of benzene rings is 1. The van der Waals surface area contributed by atoms with Crippen LogP contribution in [0.2, 0.25) is 5.02 Å². The molecule has 16 heavy (non-hydrogen) atoms. The molecule has 1 N–H and O–H groups in total. The Bertz CT molecular complexity index is 386. The van der Waals surface area contributed by atoms with E-state index in [2.05, 4.69) is 28.2 Å². The fourth-order valence-corrected chi connectivity index (χ4v) is 2.52. The Labute approximate surface area is 107 Å². The lowest BCUT2D eigenvalue weighted by Gasteiger charge is -2.38. The van der Waals surface area contributed by atoms with Gasteiger partial charge in [-0.25, -0.2) is 4.39 Å². The van der Waals surface area contributed by atoms with Crippen LogP contribution in [0.4, 0.5) is 10.1 Å². The normalized spacial score (nSPS) is 18.0. The van der Waals surface area contributed by atoms with Crippen molar-refractivity contribution < 1.29 is 9.13 Å². The average molecular weight is 309 g/mol. The minimum atomic E-state index is -0.347. The lowest BCUT2D eigenvalue weighted by atomic mass is 9.89. The van der Waals surface area contributed by atoms with Gasteiger partial charge in [-0.05, 0) is 28.1 Å². The third-order valence-corrected chi connectivity index (χ3v) is 3.52. The maximum absolute atomic E-state index is 13.0. The molecule has 5 heteroatoms. The lowest BCUT2D eigenvalue weighted by Crippen LogP contribution is -2.45.